The van der Waals surface area contributed by atoms with Gasteiger partial charge in [-0.05, 0) is 48.8 Å². The molecule has 0 aliphatic carbocycles. The number of allylic oxidation sites excluding steroid dienone is 1. The molecule has 20 heavy (non-hydrogen) atoms. The minimum absolute atomic E-state index is 0.135. The zero-order valence-corrected chi connectivity index (χ0v) is 13.4. The third-order valence-corrected chi connectivity index (χ3v) is 4.41. The van der Waals surface area contributed by atoms with Crippen LogP contribution in [0.1, 0.15) is 19.8 Å². The smallest absolute Gasteiger partial charge is 0.283 e. The lowest BCUT2D eigenvalue weighted by Crippen LogP contribution is -2.36. The average Bonchev–Trinajstić information content (AvgIpc) is 2.97. The molecule has 1 saturated heterocycles. The fourth-order valence-electron chi connectivity index (χ4n) is 2.41. The van der Waals surface area contributed by atoms with Crippen LogP contribution >= 0.6 is 15.9 Å². The van der Waals surface area contributed by atoms with Gasteiger partial charge in [0, 0.05) is 12.6 Å². The molecule has 0 spiro atoms. The molecule has 2 rings (SSSR count). The molecule has 0 aromatic carbocycles. The van der Waals surface area contributed by atoms with Crippen molar-refractivity contribution in [2.24, 2.45) is 0 Å². The first-order valence-corrected chi connectivity index (χ1v) is 7.77. The van der Waals surface area contributed by atoms with Crippen LogP contribution < -0.4 is 10.9 Å². The van der Waals surface area contributed by atoms with Crippen LogP contribution in [0.2, 0.25) is 0 Å². The fourth-order valence-corrected chi connectivity index (χ4v) is 2.86. The number of rotatable bonds is 6. The van der Waals surface area contributed by atoms with Crippen LogP contribution in [0, 0.1) is 0 Å². The molecule has 1 aromatic heterocycles. The molecule has 2 heterocycles. The van der Waals surface area contributed by atoms with E-state index in [-0.39, 0.29) is 5.56 Å². The molecule has 1 fully saturated rings. The molecule has 1 unspecified atom stereocenters. The van der Waals surface area contributed by atoms with Gasteiger partial charge in [-0.15, -0.1) is 6.58 Å². The number of likely N-dealkylation sites (tertiary alicyclic amines) is 1. The van der Waals surface area contributed by atoms with Gasteiger partial charge < -0.3 is 5.32 Å². The molecule has 110 valence electrons. The Bertz CT molecular complexity index is 522. The maximum Gasteiger partial charge on any atom is 0.283 e. The molecule has 1 aliphatic rings. The maximum absolute atomic E-state index is 12.0. The molecule has 6 heteroatoms. The second kappa shape index (κ2) is 7.04. The van der Waals surface area contributed by atoms with Crippen LogP contribution in [0.4, 0.5) is 5.69 Å². The molecule has 1 aliphatic heterocycles. The summed E-state index contributed by atoms with van der Waals surface area (Å²) in [5.74, 6) is 0. The topological polar surface area (TPSA) is 50.2 Å². The molecule has 0 radical (unpaired) electrons. The highest BCUT2D eigenvalue weighted by Gasteiger charge is 2.18. The van der Waals surface area contributed by atoms with Crippen molar-refractivity contribution >= 4 is 21.6 Å². The number of nitrogens with one attached hydrogen (secondary N) is 1. The molecular weight excluding hydrogens is 320 g/mol. The van der Waals surface area contributed by atoms with Crippen molar-refractivity contribution in [1.82, 2.24) is 14.7 Å². The van der Waals surface area contributed by atoms with E-state index >= 15 is 0 Å². The molecule has 1 aromatic rings. The predicted molar refractivity (Wildman–Crippen MR) is 85.2 cm³/mol. The number of hydrogen-bond donors (Lipinski definition) is 1. The van der Waals surface area contributed by atoms with Gasteiger partial charge in [-0.2, -0.15) is 5.10 Å². The van der Waals surface area contributed by atoms with E-state index in [1.54, 1.807) is 12.3 Å². The fraction of sp³-hybridized carbons (Fsp3) is 0.571. The van der Waals surface area contributed by atoms with Gasteiger partial charge in [-0.1, -0.05) is 6.08 Å². The summed E-state index contributed by atoms with van der Waals surface area (Å²) in [4.78, 5) is 14.5. The standard InChI is InChI=1S/C14H21BrN4O/c1-3-6-19-14(20)13(15)12(10-17-19)16-9-11(2)18-7-4-5-8-18/h3,10-11,16H,1,4-9H2,2H3. The van der Waals surface area contributed by atoms with Crippen molar-refractivity contribution < 1.29 is 0 Å². The minimum atomic E-state index is -0.135. The van der Waals surface area contributed by atoms with Gasteiger partial charge in [0.05, 0.1) is 18.4 Å². The van der Waals surface area contributed by atoms with Gasteiger partial charge in [0.25, 0.3) is 5.56 Å². The van der Waals surface area contributed by atoms with Gasteiger partial charge >= 0.3 is 0 Å². The van der Waals surface area contributed by atoms with Crippen LogP contribution in [0.25, 0.3) is 0 Å². The van der Waals surface area contributed by atoms with Crippen molar-refractivity contribution in [2.45, 2.75) is 32.4 Å². The molecule has 5 nitrogen and oxygen atoms in total. The van der Waals surface area contributed by atoms with E-state index in [1.807, 2.05) is 0 Å². The van der Waals surface area contributed by atoms with E-state index in [0.717, 1.165) is 12.2 Å². The first kappa shape index (κ1) is 15.3. The number of nitrogens with zero attached hydrogens (tertiary/aromatic N) is 3. The Balaban J connectivity index is 2.00. The van der Waals surface area contributed by atoms with Gasteiger partial charge in [0.15, 0.2) is 0 Å². The number of hydrogen-bond acceptors (Lipinski definition) is 4. The third-order valence-electron chi connectivity index (χ3n) is 3.64. The van der Waals surface area contributed by atoms with Crippen molar-refractivity contribution in [2.75, 3.05) is 25.0 Å². The Kier molecular flexibility index (Phi) is 5.37. The van der Waals surface area contributed by atoms with Gasteiger partial charge in [0.1, 0.15) is 4.47 Å². The summed E-state index contributed by atoms with van der Waals surface area (Å²) >= 11 is 3.35. The Morgan fingerprint density at radius 1 is 1.55 bits per heavy atom. The van der Waals surface area contributed by atoms with Crippen LogP contribution in [0.5, 0.6) is 0 Å². The highest BCUT2D eigenvalue weighted by atomic mass is 79.9. The summed E-state index contributed by atoms with van der Waals surface area (Å²) in [7, 11) is 0. The Morgan fingerprint density at radius 2 is 2.25 bits per heavy atom. The number of anilines is 1. The normalized spacial score (nSPS) is 17.1. The first-order valence-electron chi connectivity index (χ1n) is 6.98. The zero-order chi connectivity index (χ0) is 14.5. The summed E-state index contributed by atoms with van der Waals surface area (Å²) in [5.41, 5.74) is 0.616. The highest BCUT2D eigenvalue weighted by Crippen LogP contribution is 2.17. The van der Waals surface area contributed by atoms with Crippen LogP contribution in [-0.2, 0) is 6.54 Å². The first-order chi connectivity index (χ1) is 9.63. The predicted octanol–water partition coefficient (Wildman–Crippen LogP) is 2.09. The molecule has 1 atom stereocenters. The molecular formula is C14H21BrN4O. The second-order valence-electron chi connectivity index (χ2n) is 5.12. The largest absolute Gasteiger partial charge is 0.381 e. The van der Waals surface area contributed by atoms with E-state index in [0.29, 0.717) is 17.1 Å². The lowest BCUT2D eigenvalue weighted by Gasteiger charge is -2.24. The Labute approximate surface area is 127 Å². The van der Waals surface area contributed by atoms with E-state index in [4.69, 9.17) is 0 Å². The van der Waals surface area contributed by atoms with Crippen LogP contribution in [0.3, 0.4) is 0 Å². The van der Waals surface area contributed by atoms with Crippen molar-refractivity contribution in [3.8, 4) is 0 Å². The lowest BCUT2D eigenvalue weighted by atomic mass is 10.3. The Hall–Kier alpha value is -1.14. The summed E-state index contributed by atoms with van der Waals surface area (Å²) in [6.07, 6.45) is 5.91. The summed E-state index contributed by atoms with van der Waals surface area (Å²) in [6, 6.07) is 0.458. The van der Waals surface area contributed by atoms with E-state index in [1.165, 1.54) is 30.6 Å². The average molecular weight is 341 g/mol. The molecule has 1 N–H and O–H groups in total. The van der Waals surface area contributed by atoms with Crippen molar-refractivity contribution in [1.29, 1.82) is 0 Å². The summed E-state index contributed by atoms with van der Waals surface area (Å²) in [6.45, 7) is 9.39. The highest BCUT2D eigenvalue weighted by molar-refractivity contribution is 9.10. The van der Waals surface area contributed by atoms with E-state index in [2.05, 4.69) is 44.7 Å². The number of halogens is 1. The zero-order valence-electron chi connectivity index (χ0n) is 11.8. The van der Waals surface area contributed by atoms with Crippen molar-refractivity contribution in [3.63, 3.8) is 0 Å². The minimum Gasteiger partial charge on any atom is -0.381 e. The second-order valence-corrected chi connectivity index (χ2v) is 5.91. The van der Waals surface area contributed by atoms with Gasteiger partial charge in [0.2, 0.25) is 0 Å². The SMILES string of the molecule is C=CCn1ncc(NCC(C)N2CCCC2)c(Br)c1=O. The number of aromatic nitrogens is 2. The summed E-state index contributed by atoms with van der Waals surface area (Å²) < 4.78 is 1.91. The van der Waals surface area contributed by atoms with Crippen molar-refractivity contribution in [3.05, 3.63) is 33.7 Å². The van der Waals surface area contributed by atoms with Gasteiger partial charge in [-0.25, -0.2) is 4.68 Å². The molecule has 0 saturated carbocycles. The molecule has 0 amide bonds. The van der Waals surface area contributed by atoms with E-state index in [9.17, 15) is 4.79 Å². The van der Waals surface area contributed by atoms with Crippen LogP contribution in [0.15, 0.2) is 28.1 Å². The quantitative estimate of drug-likeness (QED) is 0.805. The summed E-state index contributed by atoms with van der Waals surface area (Å²) in [5, 5.41) is 7.44. The monoisotopic (exact) mass is 340 g/mol. The van der Waals surface area contributed by atoms with E-state index < -0.39 is 0 Å². The van der Waals surface area contributed by atoms with Gasteiger partial charge in [-0.3, -0.25) is 9.69 Å². The maximum atomic E-state index is 12.0. The van der Waals surface area contributed by atoms with Crippen LogP contribution in [-0.4, -0.2) is 40.4 Å². The Morgan fingerprint density at radius 3 is 2.90 bits per heavy atom. The third kappa shape index (κ3) is 3.49. The molecule has 0 bridgehead atoms. The lowest BCUT2D eigenvalue weighted by molar-refractivity contribution is 0.269.